The van der Waals surface area contributed by atoms with Crippen LogP contribution in [0.2, 0.25) is 0 Å². The van der Waals surface area contributed by atoms with E-state index in [9.17, 15) is 14.7 Å². The van der Waals surface area contributed by atoms with Gasteiger partial charge in [-0.15, -0.1) is 0 Å². The van der Waals surface area contributed by atoms with Gasteiger partial charge in [-0.25, -0.2) is 0 Å². The summed E-state index contributed by atoms with van der Waals surface area (Å²) in [7, 11) is 0. The maximum absolute atomic E-state index is 12.1. The van der Waals surface area contributed by atoms with Crippen LogP contribution in [0.1, 0.15) is 20.3 Å². The summed E-state index contributed by atoms with van der Waals surface area (Å²) in [5, 5.41) is 14.8. The molecule has 0 saturated heterocycles. The standard InChI is InChI=1S/C20H24N2O4/c1-14(2)13-21-18(20(24)25)12-19(23)22-15-8-10-17(11-9-15)26-16-6-4-3-5-7-16/h3-11,14,18,21H,12-13H2,1-2H3,(H,22,23)(H,24,25)/t18-/m1/s1. The number of ether oxygens (including phenoxy) is 1. The van der Waals surface area contributed by atoms with Gasteiger partial charge < -0.3 is 20.5 Å². The van der Waals surface area contributed by atoms with Crippen molar-refractivity contribution in [2.45, 2.75) is 26.3 Å². The first-order valence-corrected chi connectivity index (χ1v) is 8.53. The first kappa shape index (κ1) is 19.5. The maximum atomic E-state index is 12.1. The van der Waals surface area contributed by atoms with Gasteiger partial charge in [0.2, 0.25) is 5.91 Å². The van der Waals surface area contributed by atoms with Crippen molar-refractivity contribution in [3.63, 3.8) is 0 Å². The third kappa shape index (κ3) is 6.57. The van der Waals surface area contributed by atoms with Gasteiger partial charge in [-0.1, -0.05) is 32.0 Å². The predicted molar refractivity (Wildman–Crippen MR) is 100 cm³/mol. The Morgan fingerprint density at radius 2 is 1.62 bits per heavy atom. The van der Waals surface area contributed by atoms with Crippen LogP contribution < -0.4 is 15.4 Å². The highest BCUT2D eigenvalue weighted by molar-refractivity contribution is 5.94. The van der Waals surface area contributed by atoms with Gasteiger partial charge in [-0.2, -0.15) is 0 Å². The number of carboxylic acid groups (broad SMARTS) is 1. The number of carboxylic acids is 1. The summed E-state index contributed by atoms with van der Waals surface area (Å²) in [5.41, 5.74) is 0.586. The second-order valence-corrected chi connectivity index (χ2v) is 6.38. The Hall–Kier alpha value is -2.86. The number of para-hydroxylation sites is 1. The van der Waals surface area contributed by atoms with Crippen molar-refractivity contribution < 1.29 is 19.4 Å². The van der Waals surface area contributed by atoms with Gasteiger partial charge in [0.25, 0.3) is 0 Å². The Morgan fingerprint density at radius 1 is 1.00 bits per heavy atom. The van der Waals surface area contributed by atoms with Crippen LogP contribution in [0.4, 0.5) is 5.69 Å². The van der Waals surface area contributed by atoms with Gasteiger partial charge in [0, 0.05) is 5.69 Å². The second kappa shape index (κ2) is 9.58. The molecule has 3 N–H and O–H groups in total. The molecule has 1 amide bonds. The minimum atomic E-state index is -1.03. The Kier molecular flexibility index (Phi) is 7.17. The van der Waals surface area contributed by atoms with E-state index < -0.39 is 12.0 Å². The molecule has 0 aromatic heterocycles. The molecule has 0 fully saturated rings. The predicted octanol–water partition coefficient (Wildman–Crippen LogP) is 3.51. The summed E-state index contributed by atoms with van der Waals surface area (Å²) in [6.07, 6.45) is -0.135. The lowest BCUT2D eigenvalue weighted by atomic mass is 10.1. The number of aliphatic carboxylic acids is 1. The van der Waals surface area contributed by atoms with Crippen molar-refractivity contribution in [2.75, 3.05) is 11.9 Å². The number of carbonyl (C=O) groups excluding carboxylic acids is 1. The average Bonchev–Trinajstić information content (AvgIpc) is 2.61. The van der Waals surface area contributed by atoms with E-state index in [4.69, 9.17) is 4.74 Å². The SMILES string of the molecule is CC(C)CN[C@H](CC(=O)Nc1ccc(Oc2ccccc2)cc1)C(=O)O. The molecule has 0 saturated carbocycles. The number of benzene rings is 2. The van der Waals surface area contributed by atoms with Crippen LogP contribution in [-0.2, 0) is 9.59 Å². The van der Waals surface area contributed by atoms with Gasteiger partial charge in [0.05, 0.1) is 6.42 Å². The molecule has 0 spiro atoms. The zero-order valence-electron chi connectivity index (χ0n) is 14.9. The van der Waals surface area contributed by atoms with Gasteiger partial charge in [-0.3, -0.25) is 9.59 Å². The first-order chi connectivity index (χ1) is 12.4. The van der Waals surface area contributed by atoms with Gasteiger partial charge in [0.1, 0.15) is 17.5 Å². The van der Waals surface area contributed by atoms with Crippen LogP contribution in [0.3, 0.4) is 0 Å². The lowest BCUT2D eigenvalue weighted by Crippen LogP contribution is -2.41. The van der Waals surface area contributed by atoms with Crippen LogP contribution in [0.25, 0.3) is 0 Å². The van der Waals surface area contributed by atoms with Crippen LogP contribution in [0.15, 0.2) is 54.6 Å². The van der Waals surface area contributed by atoms with Crippen molar-refractivity contribution in [2.24, 2.45) is 5.92 Å². The summed E-state index contributed by atoms with van der Waals surface area (Å²) in [6, 6.07) is 15.4. The number of anilines is 1. The minimum absolute atomic E-state index is 0.135. The maximum Gasteiger partial charge on any atom is 0.321 e. The first-order valence-electron chi connectivity index (χ1n) is 8.53. The van der Waals surface area contributed by atoms with E-state index in [1.54, 1.807) is 24.3 Å². The lowest BCUT2D eigenvalue weighted by molar-refractivity contribution is -0.141. The zero-order chi connectivity index (χ0) is 18.9. The third-order valence-electron chi connectivity index (χ3n) is 3.58. The van der Waals surface area contributed by atoms with Crippen molar-refractivity contribution >= 4 is 17.6 Å². The van der Waals surface area contributed by atoms with Gasteiger partial charge >= 0.3 is 5.97 Å². The Bertz CT molecular complexity index is 714. The Balaban J connectivity index is 1.89. The fourth-order valence-electron chi connectivity index (χ4n) is 2.25. The zero-order valence-corrected chi connectivity index (χ0v) is 14.9. The van der Waals surface area contributed by atoms with E-state index in [0.29, 0.717) is 23.9 Å². The summed E-state index contributed by atoms with van der Waals surface area (Å²) in [5.74, 6) is 0.288. The Morgan fingerprint density at radius 3 is 2.19 bits per heavy atom. The molecule has 6 heteroatoms. The van der Waals surface area contributed by atoms with E-state index in [1.807, 2.05) is 44.2 Å². The Labute approximate surface area is 153 Å². The third-order valence-corrected chi connectivity index (χ3v) is 3.58. The van der Waals surface area contributed by atoms with E-state index in [2.05, 4.69) is 10.6 Å². The summed E-state index contributed by atoms with van der Waals surface area (Å²) < 4.78 is 5.69. The number of nitrogens with one attached hydrogen (secondary N) is 2. The number of carbonyl (C=O) groups is 2. The number of hydrogen-bond acceptors (Lipinski definition) is 4. The molecule has 0 aliphatic rings. The molecule has 2 aromatic carbocycles. The monoisotopic (exact) mass is 356 g/mol. The molecule has 1 atom stereocenters. The molecular formula is C20H24N2O4. The molecule has 6 nitrogen and oxygen atoms in total. The summed E-state index contributed by atoms with van der Waals surface area (Å²) in [4.78, 5) is 23.4. The second-order valence-electron chi connectivity index (χ2n) is 6.38. The van der Waals surface area contributed by atoms with E-state index in [-0.39, 0.29) is 12.3 Å². The molecule has 2 rings (SSSR count). The molecule has 26 heavy (non-hydrogen) atoms. The molecule has 0 radical (unpaired) electrons. The topological polar surface area (TPSA) is 87.7 Å². The molecule has 2 aromatic rings. The molecule has 138 valence electrons. The molecule has 0 heterocycles. The lowest BCUT2D eigenvalue weighted by Gasteiger charge is -2.16. The smallest absolute Gasteiger partial charge is 0.321 e. The van der Waals surface area contributed by atoms with E-state index in [1.165, 1.54) is 0 Å². The number of hydrogen-bond donors (Lipinski definition) is 3. The van der Waals surface area contributed by atoms with Crippen LogP contribution in [0.5, 0.6) is 11.5 Å². The molecule has 0 aliphatic heterocycles. The normalized spacial score (nSPS) is 11.8. The molecular weight excluding hydrogens is 332 g/mol. The molecule has 0 unspecified atom stereocenters. The summed E-state index contributed by atoms with van der Waals surface area (Å²) >= 11 is 0. The number of rotatable bonds is 9. The number of amides is 1. The molecule has 0 bridgehead atoms. The van der Waals surface area contributed by atoms with Crippen molar-refractivity contribution in [1.29, 1.82) is 0 Å². The highest BCUT2D eigenvalue weighted by Gasteiger charge is 2.21. The fourth-order valence-corrected chi connectivity index (χ4v) is 2.25. The van der Waals surface area contributed by atoms with Gasteiger partial charge in [-0.05, 0) is 48.9 Å². The van der Waals surface area contributed by atoms with Crippen molar-refractivity contribution in [3.05, 3.63) is 54.6 Å². The van der Waals surface area contributed by atoms with Gasteiger partial charge in [0.15, 0.2) is 0 Å². The van der Waals surface area contributed by atoms with E-state index in [0.717, 1.165) is 5.75 Å². The largest absolute Gasteiger partial charge is 0.480 e. The highest BCUT2D eigenvalue weighted by Crippen LogP contribution is 2.22. The van der Waals surface area contributed by atoms with Crippen molar-refractivity contribution in [3.8, 4) is 11.5 Å². The molecule has 0 aliphatic carbocycles. The average molecular weight is 356 g/mol. The quantitative estimate of drug-likeness (QED) is 0.640. The van der Waals surface area contributed by atoms with Crippen LogP contribution in [-0.4, -0.2) is 29.6 Å². The van der Waals surface area contributed by atoms with Crippen LogP contribution >= 0.6 is 0 Å². The summed E-state index contributed by atoms with van der Waals surface area (Å²) in [6.45, 7) is 4.49. The van der Waals surface area contributed by atoms with Crippen LogP contribution in [0, 0.1) is 5.92 Å². The minimum Gasteiger partial charge on any atom is -0.480 e. The fraction of sp³-hybridized carbons (Fsp3) is 0.300. The highest BCUT2D eigenvalue weighted by atomic mass is 16.5. The van der Waals surface area contributed by atoms with E-state index >= 15 is 0 Å². The van der Waals surface area contributed by atoms with Crippen molar-refractivity contribution in [1.82, 2.24) is 5.32 Å².